The first-order valence-corrected chi connectivity index (χ1v) is 11.0. The number of amides is 1. The summed E-state index contributed by atoms with van der Waals surface area (Å²) in [5.74, 6) is -0.473. The van der Waals surface area contributed by atoms with Crippen molar-refractivity contribution >= 4 is 32.4 Å². The van der Waals surface area contributed by atoms with Crippen molar-refractivity contribution < 1.29 is 13.2 Å². The highest BCUT2D eigenvalue weighted by Gasteiger charge is 2.19. The highest BCUT2D eigenvalue weighted by Crippen LogP contribution is 2.19. The van der Waals surface area contributed by atoms with Crippen LogP contribution in [0.1, 0.15) is 30.3 Å². The zero-order chi connectivity index (χ0) is 21.9. The molecule has 158 valence electrons. The lowest BCUT2D eigenvalue weighted by molar-refractivity contribution is 0.102. The Morgan fingerprint density at radius 1 is 1.07 bits per heavy atom. The van der Waals surface area contributed by atoms with Crippen LogP contribution in [0.25, 0.3) is 10.8 Å². The van der Waals surface area contributed by atoms with E-state index in [9.17, 15) is 18.0 Å². The summed E-state index contributed by atoms with van der Waals surface area (Å²) in [6.45, 7) is 2.44. The van der Waals surface area contributed by atoms with Crippen LogP contribution in [0.2, 0.25) is 0 Å². The van der Waals surface area contributed by atoms with Gasteiger partial charge in [0, 0.05) is 31.7 Å². The number of nitrogens with zero attached hydrogens (tertiary/aromatic N) is 3. The third-order valence-electron chi connectivity index (χ3n) is 4.70. The number of hydrogen-bond acceptors (Lipinski definition) is 5. The van der Waals surface area contributed by atoms with Gasteiger partial charge >= 0.3 is 0 Å². The van der Waals surface area contributed by atoms with Crippen LogP contribution in [-0.2, 0) is 16.6 Å². The number of carbonyl (C=O) groups excluding carboxylic acids is 1. The van der Waals surface area contributed by atoms with Crippen LogP contribution >= 0.6 is 0 Å². The Bertz CT molecular complexity index is 1230. The predicted octanol–water partition coefficient (Wildman–Crippen LogP) is 2.70. The van der Waals surface area contributed by atoms with Crippen molar-refractivity contribution in [3.63, 3.8) is 0 Å². The highest BCUT2D eigenvalue weighted by molar-refractivity contribution is 7.89. The summed E-state index contributed by atoms with van der Waals surface area (Å²) < 4.78 is 26.8. The normalized spacial score (nSPS) is 11.7. The molecule has 0 aliphatic rings. The van der Waals surface area contributed by atoms with Crippen LogP contribution < -0.4 is 10.9 Å². The molecule has 1 N–H and O–H groups in total. The molecule has 0 bridgehead atoms. The molecule has 1 amide bonds. The van der Waals surface area contributed by atoms with Crippen LogP contribution in [0.3, 0.4) is 0 Å². The average Bonchev–Trinajstić information content (AvgIpc) is 2.73. The molecule has 1 heterocycles. The number of rotatable bonds is 7. The van der Waals surface area contributed by atoms with Gasteiger partial charge in [-0.2, -0.15) is 5.10 Å². The van der Waals surface area contributed by atoms with Gasteiger partial charge in [-0.05, 0) is 36.8 Å². The number of benzene rings is 2. The van der Waals surface area contributed by atoms with Crippen molar-refractivity contribution in [3.8, 4) is 0 Å². The highest BCUT2D eigenvalue weighted by atomic mass is 32.2. The molecule has 3 aromatic rings. The first kappa shape index (κ1) is 21.7. The number of carbonyl (C=O) groups is 1. The number of aromatic nitrogens is 2. The second-order valence-electron chi connectivity index (χ2n) is 7.04. The molecular weight excluding hydrogens is 404 g/mol. The molecule has 9 heteroatoms. The third-order valence-corrected chi connectivity index (χ3v) is 6.53. The lowest BCUT2D eigenvalue weighted by atomic mass is 10.1. The van der Waals surface area contributed by atoms with Crippen molar-refractivity contribution in [1.29, 1.82) is 0 Å². The molecule has 0 spiro atoms. The fourth-order valence-electron chi connectivity index (χ4n) is 2.97. The van der Waals surface area contributed by atoms with E-state index in [1.807, 2.05) is 6.92 Å². The Hall–Kier alpha value is -3.04. The Balaban J connectivity index is 1.95. The molecule has 1 aromatic heterocycles. The SMILES string of the molecule is CCCCn1nc(C(=O)Nc2ccc(S(=O)(=O)N(C)C)cc2)c2ccccc2c1=O. The first-order valence-electron chi connectivity index (χ1n) is 9.59. The molecule has 0 aliphatic heterocycles. The van der Waals surface area contributed by atoms with Crippen LogP contribution in [0.4, 0.5) is 5.69 Å². The van der Waals surface area contributed by atoms with Gasteiger partial charge in [0.1, 0.15) is 0 Å². The fraction of sp³-hybridized carbons (Fsp3) is 0.286. The minimum absolute atomic E-state index is 0.127. The number of sulfonamides is 1. The van der Waals surface area contributed by atoms with Crippen molar-refractivity contribution in [2.75, 3.05) is 19.4 Å². The topological polar surface area (TPSA) is 101 Å². The van der Waals surface area contributed by atoms with E-state index in [1.54, 1.807) is 24.3 Å². The molecule has 0 fully saturated rings. The standard InChI is InChI=1S/C21H24N4O4S/c1-4-5-14-25-21(27)18-9-7-6-8-17(18)19(23-25)20(26)22-15-10-12-16(13-11-15)30(28,29)24(2)3/h6-13H,4-5,14H2,1-3H3,(H,22,26). The minimum Gasteiger partial charge on any atom is -0.321 e. The summed E-state index contributed by atoms with van der Waals surface area (Å²) in [6, 6.07) is 12.8. The Labute approximate surface area is 175 Å². The van der Waals surface area contributed by atoms with Crippen molar-refractivity contribution in [2.24, 2.45) is 0 Å². The molecular formula is C21H24N4O4S. The van der Waals surface area contributed by atoms with Gasteiger partial charge in [-0.3, -0.25) is 9.59 Å². The number of unbranched alkanes of at least 4 members (excludes halogenated alkanes) is 1. The van der Waals surface area contributed by atoms with Crippen LogP contribution in [-0.4, -0.2) is 42.5 Å². The zero-order valence-corrected chi connectivity index (χ0v) is 17.9. The lowest BCUT2D eigenvalue weighted by Gasteiger charge is -2.13. The molecule has 0 saturated carbocycles. The summed E-state index contributed by atoms with van der Waals surface area (Å²) in [5, 5.41) is 7.94. The van der Waals surface area contributed by atoms with Gasteiger partial charge in [-0.1, -0.05) is 31.5 Å². The summed E-state index contributed by atoms with van der Waals surface area (Å²) >= 11 is 0. The quantitative estimate of drug-likeness (QED) is 0.623. The molecule has 0 radical (unpaired) electrons. The smallest absolute Gasteiger partial charge is 0.276 e. The number of anilines is 1. The summed E-state index contributed by atoms with van der Waals surface area (Å²) in [5.41, 5.74) is 0.343. The summed E-state index contributed by atoms with van der Waals surface area (Å²) in [4.78, 5) is 25.7. The maximum atomic E-state index is 12.9. The van der Waals surface area contributed by atoms with E-state index in [1.165, 1.54) is 43.0 Å². The molecule has 3 rings (SSSR count). The van der Waals surface area contributed by atoms with Gasteiger partial charge in [0.15, 0.2) is 5.69 Å². The van der Waals surface area contributed by atoms with E-state index in [0.717, 1.165) is 17.1 Å². The van der Waals surface area contributed by atoms with E-state index in [2.05, 4.69) is 10.4 Å². The van der Waals surface area contributed by atoms with E-state index in [4.69, 9.17) is 0 Å². The van der Waals surface area contributed by atoms with Crippen molar-refractivity contribution in [2.45, 2.75) is 31.2 Å². The summed E-state index contributed by atoms with van der Waals surface area (Å²) in [6.07, 6.45) is 1.67. The molecule has 8 nitrogen and oxygen atoms in total. The Morgan fingerprint density at radius 3 is 2.30 bits per heavy atom. The van der Waals surface area contributed by atoms with Crippen molar-refractivity contribution in [3.05, 3.63) is 64.6 Å². The van der Waals surface area contributed by atoms with Gasteiger partial charge in [-0.15, -0.1) is 0 Å². The van der Waals surface area contributed by atoms with Crippen LogP contribution in [0.5, 0.6) is 0 Å². The molecule has 2 aromatic carbocycles. The van der Waals surface area contributed by atoms with Crippen LogP contribution in [0.15, 0.2) is 58.2 Å². The van der Waals surface area contributed by atoms with Crippen molar-refractivity contribution in [1.82, 2.24) is 14.1 Å². The number of fused-ring (bicyclic) bond motifs is 1. The van der Waals surface area contributed by atoms with Gasteiger partial charge in [-0.25, -0.2) is 17.4 Å². The number of aryl methyl sites for hydroxylation is 1. The van der Waals surface area contributed by atoms with E-state index < -0.39 is 15.9 Å². The second-order valence-corrected chi connectivity index (χ2v) is 9.19. The predicted molar refractivity (Wildman–Crippen MR) is 116 cm³/mol. The second kappa shape index (κ2) is 8.76. The zero-order valence-electron chi connectivity index (χ0n) is 17.1. The average molecular weight is 429 g/mol. The Morgan fingerprint density at radius 2 is 1.70 bits per heavy atom. The number of hydrogen-bond donors (Lipinski definition) is 1. The molecule has 30 heavy (non-hydrogen) atoms. The lowest BCUT2D eigenvalue weighted by Crippen LogP contribution is -2.27. The molecule has 0 atom stereocenters. The monoisotopic (exact) mass is 428 g/mol. The Kier molecular flexibility index (Phi) is 6.33. The molecule has 0 aliphatic carbocycles. The van der Waals surface area contributed by atoms with Gasteiger partial charge in [0.2, 0.25) is 10.0 Å². The van der Waals surface area contributed by atoms with E-state index in [0.29, 0.717) is 23.0 Å². The van der Waals surface area contributed by atoms with Crippen LogP contribution in [0, 0.1) is 0 Å². The van der Waals surface area contributed by atoms with Gasteiger partial charge in [0.25, 0.3) is 11.5 Å². The van der Waals surface area contributed by atoms with Gasteiger partial charge in [0.05, 0.1) is 10.3 Å². The largest absolute Gasteiger partial charge is 0.321 e. The first-order chi connectivity index (χ1) is 14.3. The van der Waals surface area contributed by atoms with E-state index >= 15 is 0 Å². The van der Waals surface area contributed by atoms with E-state index in [-0.39, 0.29) is 16.1 Å². The third kappa shape index (κ3) is 4.27. The maximum absolute atomic E-state index is 12.9. The number of nitrogens with one attached hydrogen (secondary N) is 1. The maximum Gasteiger partial charge on any atom is 0.276 e. The minimum atomic E-state index is -3.55. The molecule has 0 unspecified atom stereocenters. The summed E-state index contributed by atoms with van der Waals surface area (Å²) in [7, 11) is -0.645. The molecule has 0 saturated heterocycles. The van der Waals surface area contributed by atoms with Gasteiger partial charge < -0.3 is 5.32 Å². The fourth-order valence-corrected chi connectivity index (χ4v) is 3.88.